The van der Waals surface area contributed by atoms with Crippen LogP contribution < -0.4 is 0 Å². The largest absolute Gasteiger partial charge is 0.446 e. The molecule has 0 radical (unpaired) electrons. The quantitative estimate of drug-likeness (QED) is 0.595. The van der Waals surface area contributed by atoms with Crippen molar-refractivity contribution in [2.45, 2.75) is 17.3 Å². The predicted octanol–water partition coefficient (Wildman–Crippen LogP) is 3.69. The molecule has 1 aromatic rings. The minimum Gasteiger partial charge on any atom is -0.305 e. The highest BCUT2D eigenvalue weighted by Gasteiger charge is 2.28. The fraction of sp³-hybridized carbons (Fsp3) is 0.222. The lowest BCUT2D eigenvalue weighted by Crippen LogP contribution is -1.99. The second kappa shape index (κ2) is 4.04. The fourth-order valence-corrected chi connectivity index (χ4v) is 1.45. The molecule has 0 unspecified atom stereocenters. The number of alkyl halides is 3. The van der Waals surface area contributed by atoms with E-state index in [9.17, 15) is 13.2 Å². The molecule has 14 heavy (non-hydrogen) atoms. The van der Waals surface area contributed by atoms with Gasteiger partial charge in [-0.1, -0.05) is 12.1 Å². The first-order valence-electron chi connectivity index (χ1n) is 3.80. The van der Waals surface area contributed by atoms with E-state index in [-0.39, 0.29) is 16.7 Å². The van der Waals surface area contributed by atoms with E-state index in [1.54, 1.807) is 6.92 Å². The van der Waals surface area contributed by atoms with Crippen molar-refractivity contribution in [3.05, 3.63) is 29.8 Å². The van der Waals surface area contributed by atoms with Crippen LogP contribution in [0.1, 0.15) is 12.5 Å². The van der Waals surface area contributed by atoms with Crippen molar-refractivity contribution in [2.24, 2.45) is 0 Å². The van der Waals surface area contributed by atoms with Crippen LogP contribution in [0.2, 0.25) is 0 Å². The lowest BCUT2D eigenvalue weighted by atomic mass is 10.1. The Labute approximate surface area is 83.8 Å². The van der Waals surface area contributed by atoms with Crippen LogP contribution in [0.3, 0.4) is 0 Å². The van der Waals surface area contributed by atoms with Crippen LogP contribution in [-0.4, -0.2) is 11.2 Å². The van der Waals surface area contributed by atoms with Crippen molar-refractivity contribution in [1.82, 2.24) is 0 Å². The highest BCUT2D eigenvalue weighted by Crippen LogP contribution is 2.36. The first-order valence-corrected chi connectivity index (χ1v) is 4.61. The number of benzene rings is 1. The molecule has 0 amide bonds. The number of hydrogen-bond donors (Lipinski definition) is 1. The molecule has 0 aliphatic heterocycles. The Kier molecular flexibility index (Phi) is 3.21. The summed E-state index contributed by atoms with van der Waals surface area (Å²) in [4.78, 5) is 0.141. The third-order valence-electron chi connectivity index (χ3n) is 1.52. The summed E-state index contributed by atoms with van der Waals surface area (Å²) in [5, 5.41) is 7.26. The molecule has 0 saturated heterocycles. The Hall–Kier alpha value is -0.970. The van der Waals surface area contributed by atoms with E-state index < -0.39 is 5.51 Å². The smallest absolute Gasteiger partial charge is 0.305 e. The molecule has 1 N–H and O–H groups in total. The van der Waals surface area contributed by atoms with Gasteiger partial charge >= 0.3 is 5.51 Å². The molecule has 0 bridgehead atoms. The summed E-state index contributed by atoms with van der Waals surface area (Å²) in [5.41, 5.74) is -3.27. The molecule has 0 aliphatic rings. The van der Waals surface area contributed by atoms with Crippen LogP contribution in [-0.2, 0) is 0 Å². The second-order valence-corrected chi connectivity index (χ2v) is 3.84. The Morgan fingerprint density at radius 1 is 1.21 bits per heavy atom. The number of nitrogens with one attached hydrogen (secondary N) is 1. The van der Waals surface area contributed by atoms with Crippen LogP contribution in [0.5, 0.6) is 0 Å². The first kappa shape index (κ1) is 11.1. The Bertz CT molecular complexity index is 329. The van der Waals surface area contributed by atoms with Crippen LogP contribution in [0.25, 0.3) is 0 Å². The highest BCUT2D eigenvalue weighted by molar-refractivity contribution is 8.00. The summed E-state index contributed by atoms with van der Waals surface area (Å²) in [7, 11) is 0. The Morgan fingerprint density at radius 2 is 1.71 bits per heavy atom. The van der Waals surface area contributed by atoms with Gasteiger partial charge in [-0.15, -0.1) is 0 Å². The summed E-state index contributed by atoms with van der Waals surface area (Å²) in [6.07, 6.45) is 0. The van der Waals surface area contributed by atoms with Gasteiger partial charge in [0.05, 0.1) is 0 Å². The van der Waals surface area contributed by atoms with Crippen molar-refractivity contribution in [3.8, 4) is 0 Å². The molecule has 1 aromatic carbocycles. The minimum atomic E-state index is -4.25. The van der Waals surface area contributed by atoms with Gasteiger partial charge in [0.15, 0.2) is 0 Å². The van der Waals surface area contributed by atoms with E-state index in [0.29, 0.717) is 11.3 Å². The number of thioether (sulfide) groups is 1. The van der Waals surface area contributed by atoms with E-state index in [2.05, 4.69) is 0 Å². The molecule has 0 saturated carbocycles. The van der Waals surface area contributed by atoms with Crippen LogP contribution in [0.4, 0.5) is 13.2 Å². The van der Waals surface area contributed by atoms with E-state index in [1.165, 1.54) is 24.3 Å². The molecule has 0 aliphatic carbocycles. The average Bonchev–Trinajstić information content (AvgIpc) is 2.02. The third-order valence-corrected chi connectivity index (χ3v) is 2.26. The molecular formula is C9H8F3NS. The van der Waals surface area contributed by atoms with Crippen molar-refractivity contribution >= 4 is 17.5 Å². The van der Waals surface area contributed by atoms with Crippen LogP contribution >= 0.6 is 11.8 Å². The summed E-state index contributed by atoms with van der Waals surface area (Å²) in [6, 6.07) is 5.75. The molecule has 0 atom stereocenters. The Balaban J connectivity index is 2.79. The minimum absolute atomic E-state index is 0.141. The van der Waals surface area contributed by atoms with Gasteiger partial charge in [0.1, 0.15) is 0 Å². The molecule has 0 aromatic heterocycles. The van der Waals surface area contributed by atoms with Gasteiger partial charge < -0.3 is 5.41 Å². The van der Waals surface area contributed by atoms with Gasteiger partial charge in [0.25, 0.3) is 0 Å². The summed E-state index contributed by atoms with van der Waals surface area (Å²) in [5.74, 6) is 0. The maximum atomic E-state index is 11.9. The standard InChI is InChI=1S/C9H8F3NS/c1-6(13)7-2-4-8(5-3-7)14-9(10,11)12/h2-5,13H,1H3. The first-order chi connectivity index (χ1) is 6.38. The normalized spacial score (nSPS) is 11.4. The molecule has 0 heterocycles. The zero-order valence-corrected chi connectivity index (χ0v) is 8.17. The second-order valence-electron chi connectivity index (χ2n) is 2.70. The predicted molar refractivity (Wildman–Crippen MR) is 50.9 cm³/mol. The van der Waals surface area contributed by atoms with E-state index in [0.717, 1.165) is 0 Å². The van der Waals surface area contributed by atoms with Crippen LogP contribution in [0, 0.1) is 5.41 Å². The van der Waals surface area contributed by atoms with E-state index >= 15 is 0 Å². The molecule has 0 fully saturated rings. The summed E-state index contributed by atoms with van der Waals surface area (Å²) >= 11 is -0.149. The van der Waals surface area contributed by atoms with Gasteiger partial charge in [-0.3, -0.25) is 0 Å². The third kappa shape index (κ3) is 3.41. The van der Waals surface area contributed by atoms with Gasteiger partial charge in [0.2, 0.25) is 0 Å². The van der Waals surface area contributed by atoms with Crippen molar-refractivity contribution in [2.75, 3.05) is 0 Å². The van der Waals surface area contributed by atoms with Crippen molar-refractivity contribution in [1.29, 1.82) is 5.41 Å². The van der Waals surface area contributed by atoms with Gasteiger partial charge in [-0.2, -0.15) is 13.2 Å². The Morgan fingerprint density at radius 3 is 2.07 bits per heavy atom. The molecule has 1 nitrogen and oxygen atoms in total. The zero-order chi connectivity index (χ0) is 10.8. The van der Waals surface area contributed by atoms with Gasteiger partial charge in [-0.25, -0.2) is 0 Å². The number of halogens is 3. The lowest BCUT2D eigenvalue weighted by molar-refractivity contribution is -0.0328. The lowest BCUT2D eigenvalue weighted by Gasteiger charge is -2.05. The molecule has 0 spiro atoms. The van der Waals surface area contributed by atoms with E-state index in [1.807, 2.05) is 0 Å². The van der Waals surface area contributed by atoms with E-state index in [4.69, 9.17) is 5.41 Å². The topological polar surface area (TPSA) is 23.9 Å². The summed E-state index contributed by atoms with van der Waals surface area (Å²) < 4.78 is 35.8. The van der Waals surface area contributed by atoms with Crippen molar-refractivity contribution < 1.29 is 13.2 Å². The maximum absolute atomic E-state index is 11.9. The van der Waals surface area contributed by atoms with Gasteiger partial charge in [-0.05, 0) is 36.4 Å². The monoisotopic (exact) mass is 219 g/mol. The molecular weight excluding hydrogens is 211 g/mol. The fourth-order valence-electron chi connectivity index (χ4n) is 0.907. The zero-order valence-electron chi connectivity index (χ0n) is 7.35. The summed E-state index contributed by atoms with van der Waals surface area (Å²) in [6.45, 7) is 1.59. The molecule has 5 heteroatoms. The molecule has 76 valence electrons. The van der Waals surface area contributed by atoms with Crippen molar-refractivity contribution in [3.63, 3.8) is 0 Å². The highest BCUT2D eigenvalue weighted by atomic mass is 32.2. The van der Waals surface area contributed by atoms with Gasteiger partial charge in [0, 0.05) is 10.6 Å². The maximum Gasteiger partial charge on any atom is 0.446 e. The molecule has 1 rings (SSSR count). The SMILES string of the molecule is CC(=N)c1ccc(SC(F)(F)F)cc1. The van der Waals surface area contributed by atoms with Crippen LogP contribution in [0.15, 0.2) is 29.2 Å². The number of rotatable bonds is 2. The average molecular weight is 219 g/mol. The number of hydrogen-bond acceptors (Lipinski definition) is 2.